The van der Waals surface area contributed by atoms with Crippen molar-refractivity contribution in [2.24, 2.45) is 0 Å². The summed E-state index contributed by atoms with van der Waals surface area (Å²) in [6, 6.07) is 11.3. The highest BCUT2D eigenvalue weighted by Gasteiger charge is 2.13. The third-order valence-electron chi connectivity index (χ3n) is 3.93. The van der Waals surface area contributed by atoms with Crippen LogP contribution in [0.25, 0.3) is 0 Å². The van der Waals surface area contributed by atoms with Gasteiger partial charge in [0.05, 0.1) is 13.2 Å². The molecule has 1 aromatic carbocycles. The van der Waals surface area contributed by atoms with E-state index in [1.54, 1.807) is 6.07 Å². The molecule has 3 rings (SSSR count). The second-order valence-electron chi connectivity index (χ2n) is 5.92. The molecule has 2 heterocycles. The highest BCUT2D eigenvalue weighted by molar-refractivity contribution is 5.92. The summed E-state index contributed by atoms with van der Waals surface area (Å²) >= 11 is 0. The molecule has 7 heteroatoms. The van der Waals surface area contributed by atoms with Gasteiger partial charge >= 0.3 is 0 Å². The van der Waals surface area contributed by atoms with E-state index in [1.165, 1.54) is 0 Å². The van der Waals surface area contributed by atoms with E-state index in [4.69, 9.17) is 4.74 Å². The van der Waals surface area contributed by atoms with Crippen molar-refractivity contribution >= 4 is 17.5 Å². The largest absolute Gasteiger partial charge is 0.379 e. The van der Waals surface area contributed by atoms with Gasteiger partial charge in [-0.15, -0.1) is 0 Å². The fourth-order valence-corrected chi connectivity index (χ4v) is 2.63. The SMILES string of the molecule is Cc1cc(C(=O)NCCN2CCOCC2)nc(Nc2ccccc2)n1. The highest BCUT2D eigenvalue weighted by atomic mass is 16.5. The average Bonchev–Trinajstić information content (AvgIpc) is 2.63. The second-order valence-corrected chi connectivity index (χ2v) is 5.92. The number of carbonyl (C=O) groups is 1. The molecule has 1 amide bonds. The van der Waals surface area contributed by atoms with E-state index >= 15 is 0 Å². The predicted octanol–water partition coefficient (Wildman–Crippen LogP) is 1.59. The van der Waals surface area contributed by atoms with Crippen LogP contribution in [0.3, 0.4) is 0 Å². The molecule has 1 fully saturated rings. The fourth-order valence-electron chi connectivity index (χ4n) is 2.63. The van der Waals surface area contributed by atoms with Gasteiger partial charge in [-0.25, -0.2) is 9.97 Å². The van der Waals surface area contributed by atoms with Gasteiger partial charge in [-0.05, 0) is 25.1 Å². The normalized spacial score (nSPS) is 14.9. The third kappa shape index (κ3) is 5.23. The van der Waals surface area contributed by atoms with Crippen molar-refractivity contribution in [3.05, 3.63) is 47.8 Å². The zero-order valence-electron chi connectivity index (χ0n) is 14.4. The Morgan fingerprint density at radius 2 is 1.96 bits per heavy atom. The summed E-state index contributed by atoms with van der Waals surface area (Å²) in [4.78, 5) is 23.3. The van der Waals surface area contributed by atoms with E-state index in [2.05, 4.69) is 25.5 Å². The van der Waals surface area contributed by atoms with Crippen LogP contribution in [0.5, 0.6) is 0 Å². The Kier molecular flexibility index (Phi) is 5.92. The van der Waals surface area contributed by atoms with Crippen molar-refractivity contribution < 1.29 is 9.53 Å². The number of nitrogens with zero attached hydrogens (tertiary/aromatic N) is 3. The van der Waals surface area contributed by atoms with Gasteiger partial charge in [0.2, 0.25) is 5.95 Å². The second kappa shape index (κ2) is 8.55. The zero-order chi connectivity index (χ0) is 17.5. The maximum Gasteiger partial charge on any atom is 0.270 e. The maximum absolute atomic E-state index is 12.4. The number of hydrogen-bond acceptors (Lipinski definition) is 6. The first kappa shape index (κ1) is 17.3. The minimum absolute atomic E-state index is 0.185. The summed E-state index contributed by atoms with van der Waals surface area (Å²) in [6.45, 7) is 6.59. The molecule has 0 bridgehead atoms. The number of benzene rings is 1. The van der Waals surface area contributed by atoms with E-state index in [0.717, 1.165) is 44.2 Å². The third-order valence-corrected chi connectivity index (χ3v) is 3.93. The molecule has 0 unspecified atom stereocenters. The lowest BCUT2D eigenvalue weighted by Crippen LogP contribution is -2.41. The summed E-state index contributed by atoms with van der Waals surface area (Å²) < 4.78 is 5.32. The molecular weight excluding hydrogens is 318 g/mol. The number of amides is 1. The van der Waals surface area contributed by atoms with Gasteiger partial charge in [-0.1, -0.05) is 18.2 Å². The lowest BCUT2D eigenvalue weighted by atomic mass is 10.3. The number of hydrogen-bond donors (Lipinski definition) is 2. The number of anilines is 2. The Hall–Kier alpha value is -2.51. The molecule has 0 spiro atoms. The molecule has 1 aliphatic rings. The van der Waals surface area contributed by atoms with Crippen LogP contribution in [0.2, 0.25) is 0 Å². The minimum atomic E-state index is -0.185. The molecule has 0 radical (unpaired) electrons. The Balaban J connectivity index is 1.58. The van der Waals surface area contributed by atoms with Crippen molar-refractivity contribution in [2.75, 3.05) is 44.7 Å². The quantitative estimate of drug-likeness (QED) is 0.831. The van der Waals surface area contributed by atoms with Gasteiger partial charge in [-0.3, -0.25) is 9.69 Å². The van der Waals surface area contributed by atoms with E-state index in [9.17, 15) is 4.79 Å². The Morgan fingerprint density at radius 1 is 1.20 bits per heavy atom. The van der Waals surface area contributed by atoms with E-state index in [0.29, 0.717) is 18.2 Å². The van der Waals surface area contributed by atoms with Crippen LogP contribution in [0.1, 0.15) is 16.2 Å². The standard InChI is InChI=1S/C18H23N5O2/c1-14-13-16(17(24)19-7-8-23-9-11-25-12-10-23)22-18(20-14)21-15-5-3-2-4-6-15/h2-6,13H,7-12H2,1H3,(H,19,24)(H,20,21,22). The number of rotatable bonds is 6. The van der Waals surface area contributed by atoms with Crippen molar-refractivity contribution in [3.8, 4) is 0 Å². The predicted molar refractivity (Wildman–Crippen MR) is 96.1 cm³/mol. The average molecular weight is 341 g/mol. The van der Waals surface area contributed by atoms with Crippen LogP contribution in [0.15, 0.2) is 36.4 Å². The van der Waals surface area contributed by atoms with Gasteiger partial charge in [-0.2, -0.15) is 0 Å². The Morgan fingerprint density at radius 3 is 2.72 bits per heavy atom. The van der Waals surface area contributed by atoms with Crippen molar-refractivity contribution in [1.29, 1.82) is 0 Å². The first-order valence-electron chi connectivity index (χ1n) is 8.47. The van der Waals surface area contributed by atoms with Crippen LogP contribution in [-0.2, 0) is 4.74 Å². The number of para-hydroxylation sites is 1. The highest BCUT2D eigenvalue weighted by Crippen LogP contribution is 2.13. The molecule has 2 aromatic rings. The number of ether oxygens (including phenoxy) is 1. The molecule has 1 aromatic heterocycles. The monoisotopic (exact) mass is 341 g/mol. The fraction of sp³-hybridized carbons (Fsp3) is 0.389. The van der Waals surface area contributed by atoms with Crippen LogP contribution < -0.4 is 10.6 Å². The van der Waals surface area contributed by atoms with Crippen molar-refractivity contribution in [2.45, 2.75) is 6.92 Å². The summed E-state index contributed by atoms with van der Waals surface area (Å²) in [6.07, 6.45) is 0. The van der Waals surface area contributed by atoms with Gasteiger partial charge in [0.25, 0.3) is 5.91 Å². The van der Waals surface area contributed by atoms with Gasteiger partial charge in [0.1, 0.15) is 5.69 Å². The van der Waals surface area contributed by atoms with E-state index < -0.39 is 0 Å². The molecule has 25 heavy (non-hydrogen) atoms. The topological polar surface area (TPSA) is 79.4 Å². The van der Waals surface area contributed by atoms with E-state index in [1.807, 2.05) is 37.3 Å². The summed E-state index contributed by atoms with van der Waals surface area (Å²) in [7, 11) is 0. The smallest absolute Gasteiger partial charge is 0.270 e. The molecule has 7 nitrogen and oxygen atoms in total. The van der Waals surface area contributed by atoms with Crippen LogP contribution in [0.4, 0.5) is 11.6 Å². The number of aromatic nitrogens is 2. The number of carbonyl (C=O) groups excluding carboxylic acids is 1. The Bertz CT molecular complexity index is 702. The lowest BCUT2D eigenvalue weighted by molar-refractivity contribution is 0.0383. The molecule has 132 valence electrons. The molecule has 2 N–H and O–H groups in total. The van der Waals surface area contributed by atoms with Crippen molar-refractivity contribution in [3.63, 3.8) is 0 Å². The molecule has 1 saturated heterocycles. The lowest BCUT2D eigenvalue weighted by Gasteiger charge is -2.26. The summed E-state index contributed by atoms with van der Waals surface area (Å²) in [5.41, 5.74) is 1.99. The van der Waals surface area contributed by atoms with Crippen LogP contribution >= 0.6 is 0 Å². The summed E-state index contributed by atoms with van der Waals surface area (Å²) in [5.74, 6) is 0.236. The Labute approximate surface area is 147 Å². The number of aryl methyl sites for hydroxylation is 1. The summed E-state index contributed by atoms with van der Waals surface area (Å²) in [5, 5.41) is 6.05. The molecule has 0 saturated carbocycles. The first-order valence-corrected chi connectivity index (χ1v) is 8.47. The zero-order valence-corrected chi connectivity index (χ0v) is 14.4. The maximum atomic E-state index is 12.4. The molecule has 0 atom stereocenters. The molecule has 1 aliphatic heterocycles. The molecular formula is C18H23N5O2. The van der Waals surface area contributed by atoms with Gasteiger partial charge in [0, 0.05) is 37.6 Å². The first-order chi connectivity index (χ1) is 12.2. The van der Waals surface area contributed by atoms with Crippen LogP contribution in [0, 0.1) is 6.92 Å². The number of nitrogens with one attached hydrogen (secondary N) is 2. The van der Waals surface area contributed by atoms with Gasteiger partial charge < -0.3 is 15.4 Å². The van der Waals surface area contributed by atoms with Gasteiger partial charge in [0.15, 0.2) is 0 Å². The minimum Gasteiger partial charge on any atom is -0.379 e. The number of morpholine rings is 1. The van der Waals surface area contributed by atoms with Crippen LogP contribution in [-0.4, -0.2) is 60.2 Å². The van der Waals surface area contributed by atoms with E-state index in [-0.39, 0.29) is 5.91 Å². The van der Waals surface area contributed by atoms with Crippen molar-refractivity contribution in [1.82, 2.24) is 20.2 Å². The molecule has 0 aliphatic carbocycles.